The van der Waals surface area contributed by atoms with Gasteiger partial charge in [0.05, 0.1) is 5.92 Å². The van der Waals surface area contributed by atoms with Gasteiger partial charge in [0.25, 0.3) is 5.91 Å². The number of carbonyl (C=O) groups excluding carboxylic acids is 2. The minimum Gasteiger partial charge on any atom is -0.369 e. The van der Waals surface area contributed by atoms with Crippen molar-refractivity contribution in [2.45, 2.75) is 71.4 Å². The fourth-order valence-electron chi connectivity index (χ4n) is 4.89. The van der Waals surface area contributed by atoms with Crippen LogP contribution in [0.15, 0.2) is 30.5 Å². The van der Waals surface area contributed by atoms with Crippen molar-refractivity contribution in [1.82, 2.24) is 20.2 Å². The molecule has 4 rings (SSSR count). The van der Waals surface area contributed by atoms with Gasteiger partial charge in [-0.15, -0.1) is 0 Å². The van der Waals surface area contributed by atoms with E-state index in [0.717, 1.165) is 62.3 Å². The number of anilines is 3. The third-order valence-electron chi connectivity index (χ3n) is 7.10. The molecule has 2 atom stereocenters. The molecule has 1 aromatic heterocycles. The molecule has 0 unspecified atom stereocenters. The Morgan fingerprint density at radius 1 is 1.08 bits per heavy atom. The zero-order valence-corrected chi connectivity index (χ0v) is 20.9. The summed E-state index contributed by atoms with van der Waals surface area (Å²) in [5.74, 6) is 0.907. The van der Waals surface area contributed by atoms with Crippen molar-refractivity contribution >= 4 is 29.3 Å². The Morgan fingerprint density at radius 3 is 2.42 bits per heavy atom. The van der Waals surface area contributed by atoms with E-state index in [1.54, 1.807) is 0 Å². The molecule has 2 amide bonds. The van der Waals surface area contributed by atoms with Crippen molar-refractivity contribution in [3.8, 4) is 0 Å². The molecular weight excluding hydrogens is 454 g/mol. The van der Waals surface area contributed by atoms with Crippen LogP contribution in [-0.2, 0) is 4.79 Å². The van der Waals surface area contributed by atoms with E-state index in [1.807, 2.05) is 30.5 Å². The normalized spacial score (nSPS) is 20.6. The summed E-state index contributed by atoms with van der Waals surface area (Å²) in [7, 11) is 2.11. The monoisotopic (exact) mass is 495 g/mol. The molecule has 5 N–H and O–H groups in total. The van der Waals surface area contributed by atoms with Gasteiger partial charge in [-0.2, -0.15) is 4.98 Å². The number of aromatic nitrogens is 2. The highest BCUT2D eigenvalue weighted by molar-refractivity contribution is 5.94. The number of benzene rings is 1. The van der Waals surface area contributed by atoms with Crippen LogP contribution in [0.2, 0.25) is 0 Å². The Kier molecular flexibility index (Phi) is 9.25. The summed E-state index contributed by atoms with van der Waals surface area (Å²) in [6.07, 6.45) is 6.43. The number of nitrogens with one attached hydrogen (secondary N) is 3. The highest BCUT2D eigenvalue weighted by Crippen LogP contribution is 2.31. The van der Waals surface area contributed by atoms with E-state index in [1.165, 1.54) is 0 Å². The van der Waals surface area contributed by atoms with Crippen LogP contribution in [0, 0.1) is 5.92 Å². The van der Waals surface area contributed by atoms with Gasteiger partial charge < -0.3 is 26.6 Å². The maximum absolute atomic E-state index is 12.6. The van der Waals surface area contributed by atoms with Crippen LogP contribution < -0.4 is 21.7 Å². The Bertz CT molecular complexity index is 1030. The first kappa shape index (κ1) is 27.4. The summed E-state index contributed by atoms with van der Waals surface area (Å²) in [4.78, 5) is 36.0. The predicted molar refractivity (Wildman–Crippen MR) is 145 cm³/mol. The first-order valence-electron chi connectivity index (χ1n) is 12.6. The molecule has 36 heavy (non-hydrogen) atoms. The highest BCUT2D eigenvalue weighted by Gasteiger charge is 2.32. The minimum absolute atomic E-state index is 0. The van der Waals surface area contributed by atoms with Gasteiger partial charge in [0.1, 0.15) is 5.82 Å². The van der Waals surface area contributed by atoms with E-state index in [9.17, 15) is 9.59 Å². The Morgan fingerprint density at radius 2 is 1.78 bits per heavy atom. The van der Waals surface area contributed by atoms with E-state index in [-0.39, 0.29) is 43.2 Å². The van der Waals surface area contributed by atoms with E-state index >= 15 is 0 Å². The fourth-order valence-corrected chi connectivity index (χ4v) is 4.89. The van der Waals surface area contributed by atoms with Crippen molar-refractivity contribution in [1.29, 1.82) is 0 Å². The zero-order valence-electron chi connectivity index (χ0n) is 20.9. The van der Waals surface area contributed by atoms with Crippen LogP contribution in [0.4, 0.5) is 17.5 Å². The highest BCUT2D eigenvalue weighted by atomic mass is 16.2. The van der Waals surface area contributed by atoms with E-state index in [2.05, 4.69) is 46.7 Å². The van der Waals surface area contributed by atoms with E-state index in [0.29, 0.717) is 11.5 Å². The molecule has 2 fully saturated rings. The predicted octanol–water partition coefficient (Wildman–Crippen LogP) is 3.87. The summed E-state index contributed by atoms with van der Waals surface area (Å²) >= 11 is 0. The number of carbonyl (C=O) groups is 2. The maximum atomic E-state index is 12.6. The lowest BCUT2D eigenvalue weighted by atomic mass is 10.0. The lowest BCUT2D eigenvalue weighted by Gasteiger charge is -2.29. The smallest absolute Gasteiger partial charge is 0.251 e. The van der Waals surface area contributed by atoms with Gasteiger partial charge in [0.2, 0.25) is 11.9 Å². The SMILES string of the molecule is C.CC(C)c1cnc(Nc2ccc(C(=O)NC3CCN(C)CC3)cc2)nc1N[C@@H]1CCC[C@@H]1C(N)=O. The van der Waals surface area contributed by atoms with Crippen molar-refractivity contribution in [2.75, 3.05) is 30.8 Å². The summed E-state index contributed by atoms with van der Waals surface area (Å²) in [6, 6.07) is 7.54. The van der Waals surface area contributed by atoms with Crippen molar-refractivity contribution < 1.29 is 9.59 Å². The van der Waals surface area contributed by atoms with Gasteiger partial charge in [-0.05, 0) is 76.0 Å². The molecule has 2 aliphatic rings. The molecule has 0 spiro atoms. The standard InChI is InChI=1S/C26H37N7O2.CH4/c1-16(2)21-15-28-26(32-24(21)31-22-6-4-5-20(22)23(27)34)30-18-9-7-17(8-10-18)25(35)29-19-11-13-33(3)14-12-19;/h7-10,15-16,19-20,22H,4-6,11-14H2,1-3H3,(H2,27,34)(H,29,35)(H2,28,30,31,32);1H4/t20-,22+;/m0./s1. The molecule has 2 aromatic rings. The second-order valence-electron chi connectivity index (χ2n) is 10.1. The Hall–Kier alpha value is -3.20. The van der Waals surface area contributed by atoms with E-state index in [4.69, 9.17) is 10.7 Å². The number of likely N-dealkylation sites (tertiary alicyclic amines) is 1. The number of nitrogens with zero attached hydrogens (tertiary/aromatic N) is 3. The molecule has 1 saturated carbocycles. The van der Waals surface area contributed by atoms with Crippen LogP contribution in [0.3, 0.4) is 0 Å². The van der Waals surface area contributed by atoms with Gasteiger partial charge in [0.15, 0.2) is 0 Å². The van der Waals surface area contributed by atoms with Gasteiger partial charge in [0, 0.05) is 35.1 Å². The summed E-state index contributed by atoms with van der Waals surface area (Å²) in [5, 5.41) is 9.84. The summed E-state index contributed by atoms with van der Waals surface area (Å²) in [6.45, 7) is 6.19. The molecule has 9 nitrogen and oxygen atoms in total. The molecule has 1 aliphatic carbocycles. The van der Waals surface area contributed by atoms with Crippen molar-refractivity contribution in [2.24, 2.45) is 11.7 Å². The maximum Gasteiger partial charge on any atom is 0.251 e. The van der Waals surface area contributed by atoms with Crippen molar-refractivity contribution in [3.63, 3.8) is 0 Å². The summed E-state index contributed by atoms with van der Waals surface area (Å²) < 4.78 is 0. The third-order valence-corrected chi connectivity index (χ3v) is 7.10. The number of primary amides is 1. The number of piperidine rings is 1. The second-order valence-corrected chi connectivity index (χ2v) is 10.1. The molecule has 1 aromatic carbocycles. The number of hydrogen-bond donors (Lipinski definition) is 4. The van der Waals surface area contributed by atoms with Crippen LogP contribution in [0.25, 0.3) is 0 Å². The molecule has 196 valence electrons. The van der Waals surface area contributed by atoms with E-state index < -0.39 is 0 Å². The molecular formula is C27H41N7O2. The molecule has 0 radical (unpaired) electrons. The molecule has 1 saturated heterocycles. The lowest BCUT2D eigenvalue weighted by Crippen LogP contribution is -2.43. The fraction of sp³-hybridized carbons (Fsp3) is 0.556. The number of nitrogens with two attached hydrogens (primary N) is 1. The molecule has 2 heterocycles. The number of rotatable bonds is 8. The Labute approximate surface area is 214 Å². The third kappa shape index (κ3) is 6.72. The quantitative estimate of drug-likeness (QED) is 0.438. The first-order valence-corrected chi connectivity index (χ1v) is 12.6. The van der Waals surface area contributed by atoms with Crippen LogP contribution in [0.1, 0.15) is 75.2 Å². The van der Waals surface area contributed by atoms with Crippen molar-refractivity contribution in [3.05, 3.63) is 41.6 Å². The molecule has 0 bridgehead atoms. The van der Waals surface area contributed by atoms with Gasteiger partial charge in [-0.1, -0.05) is 27.7 Å². The topological polar surface area (TPSA) is 125 Å². The Balaban J connectivity index is 0.00000361. The van der Waals surface area contributed by atoms with Crippen LogP contribution in [0.5, 0.6) is 0 Å². The number of amides is 2. The zero-order chi connectivity index (χ0) is 24.9. The lowest BCUT2D eigenvalue weighted by molar-refractivity contribution is -0.121. The summed E-state index contributed by atoms with van der Waals surface area (Å²) in [5.41, 5.74) is 8.02. The first-order chi connectivity index (χ1) is 16.8. The largest absolute Gasteiger partial charge is 0.369 e. The molecule has 9 heteroatoms. The second kappa shape index (κ2) is 12.2. The van der Waals surface area contributed by atoms with Crippen LogP contribution in [-0.4, -0.2) is 58.9 Å². The van der Waals surface area contributed by atoms with Gasteiger partial charge in [-0.25, -0.2) is 4.98 Å². The van der Waals surface area contributed by atoms with Gasteiger partial charge in [-0.3, -0.25) is 9.59 Å². The van der Waals surface area contributed by atoms with Gasteiger partial charge >= 0.3 is 0 Å². The minimum atomic E-state index is -0.265. The average Bonchev–Trinajstić information content (AvgIpc) is 3.29. The number of hydrogen-bond acceptors (Lipinski definition) is 7. The average molecular weight is 496 g/mol. The molecule has 1 aliphatic heterocycles. The van der Waals surface area contributed by atoms with Crippen LogP contribution >= 0.6 is 0 Å².